The summed E-state index contributed by atoms with van der Waals surface area (Å²) in [4.78, 5) is 15.4. The number of carboxylic acids is 1. The molecule has 182 valence electrons. The Kier molecular flexibility index (Phi) is 7.13. The maximum absolute atomic E-state index is 13.1. The van der Waals surface area contributed by atoms with Crippen molar-refractivity contribution < 1.29 is 32.5 Å². The van der Waals surface area contributed by atoms with Crippen LogP contribution in [0.5, 0.6) is 11.5 Å². The Balaban J connectivity index is 1.70. The number of nitrogens with zero attached hydrogens (tertiary/aromatic N) is 2. The van der Waals surface area contributed by atoms with Gasteiger partial charge in [-0.1, -0.05) is 12.1 Å². The molecule has 0 amide bonds. The molecule has 2 aliphatic heterocycles. The van der Waals surface area contributed by atoms with Crippen LogP contribution in [0.4, 0.5) is 13.2 Å². The Morgan fingerprint density at radius 1 is 1.09 bits per heavy atom. The highest BCUT2D eigenvalue weighted by molar-refractivity contribution is 5.87. The summed E-state index contributed by atoms with van der Waals surface area (Å²) >= 11 is 0. The van der Waals surface area contributed by atoms with Crippen molar-refractivity contribution in [3.05, 3.63) is 64.7 Å². The van der Waals surface area contributed by atoms with Crippen LogP contribution in [0, 0.1) is 0 Å². The van der Waals surface area contributed by atoms with Crippen molar-refractivity contribution in [2.24, 2.45) is 0 Å². The third-order valence-electron chi connectivity index (χ3n) is 6.07. The highest BCUT2D eigenvalue weighted by atomic mass is 19.4. The predicted octanol–water partition coefficient (Wildman–Crippen LogP) is 4.00. The third-order valence-corrected chi connectivity index (χ3v) is 6.07. The molecule has 0 atom stereocenters. The maximum Gasteiger partial charge on any atom is 0.416 e. The van der Waals surface area contributed by atoms with E-state index in [1.807, 2.05) is 0 Å². The van der Waals surface area contributed by atoms with Gasteiger partial charge in [0.25, 0.3) is 0 Å². The molecule has 0 radical (unpaired) electrons. The van der Waals surface area contributed by atoms with E-state index in [2.05, 4.69) is 16.8 Å². The number of alkyl halides is 3. The highest BCUT2D eigenvalue weighted by Crippen LogP contribution is 2.40. The number of rotatable bonds is 7. The molecule has 2 aromatic carbocycles. The quantitative estimate of drug-likeness (QED) is 0.652. The van der Waals surface area contributed by atoms with Gasteiger partial charge in [-0.25, -0.2) is 0 Å². The zero-order valence-corrected chi connectivity index (χ0v) is 18.9. The minimum absolute atomic E-state index is 0.0163. The fraction of sp³-hybridized carbons (Fsp3) is 0.400. The molecule has 0 aliphatic carbocycles. The summed E-state index contributed by atoms with van der Waals surface area (Å²) in [5.74, 6) is 0.137. The summed E-state index contributed by atoms with van der Waals surface area (Å²) in [6, 6.07) is 10.4. The number of carboxylic acid groups (broad SMARTS) is 1. The zero-order valence-electron chi connectivity index (χ0n) is 18.9. The molecule has 0 bridgehead atoms. The van der Waals surface area contributed by atoms with Crippen molar-refractivity contribution in [1.29, 1.82) is 0 Å². The smallest absolute Gasteiger partial charge is 0.416 e. The summed E-state index contributed by atoms with van der Waals surface area (Å²) in [5.41, 5.74) is 2.51. The molecule has 0 saturated carbocycles. The lowest BCUT2D eigenvalue weighted by Gasteiger charge is -2.34. The second-order valence-corrected chi connectivity index (χ2v) is 8.57. The number of hydrogen-bond acceptors (Lipinski definition) is 5. The molecule has 9 heteroatoms. The van der Waals surface area contributed by atoms with Crippen LogP contribution in [0.3, 0.4) is 0 Å². The van der Waals surface area contributed by atoms with Crippen LogP contribution >= 0.6 is 0 Å². The fourth-order valence-electron chi connectivity index (χ4n) is 4.19. The van der Waals surface area contributed by atoms with E-state index in [1.54, 1.807) is 18.2 Å². The molecule has 1 N–H and O–H groups in total. The standard InChI is InChI=1S/C25H27F3N2O4/c1-29-9-11-30(12-10-29)15-18-16-34-22-7-6-20(33-13-8-23(31)32)14-21(22)24(18)17-2-4-19(5-3-17)25(26,27)28/h2-7,14H,8-13,15-16H2,1H3,(H,31,32). The van der Waals surface area contributed by atoms with Gasteiger partial charge < -0.3 is 19.5 Å². The van der Waals surface area contributed by atoms with Crippen molar-refractivity contribution in [3.8, 4) is 11.5 Å². The van der Waals surface area contributed by atoms with Gasteiger partial charge in [0.1, 0.15) is 18.1 Å². The van der Waals surface area contributed by atoms with Gasteiger partial charge in [-0.3, -0.25) is 9.69 Å². The van der Waals surface area contributed by atoms with E-state index in [0.29, 0.717) is 30.2 Å². The summed E-state index contributed by atoms with van der Waals surface area (Å²) < 4.78 is 51.0. The van der Waals surface area contributed by atoms with Crippen LogP contribution in [-0.2, 0) is 11.0 Å². The first-order valence-electron chi connectivity index (χ1n) is 11.1. The molecule has 2 heterocycles. The molecule has 2 aromatic rings. The topological polar surface area (TPSA) is 62.2 Å². The number of hydrogen-bond donors (Lipinski definition) is 1. The van der Waals surface area contributed by atoms with Gasteiger partial charge in [0.15, 0.2) is 0 Å². The van der Waals surface area contributed by atoms with E-state index >= 15 is 0 Å². The van der Waals surface area contributed by atoms with Gasteiger partial charge in [-0.05, 0) is 54.1 Å². The normalized spacial score (nSPS) is 17.3. The van der Waals surface area contributed by atoms with Crippen molar-refractivity contribution in [3.63, 3.8) is 0 Å². The second-order valence-electron chi connectivity index (χ2n) is 8.57. The average Bonchev–Trinajstić information content (AvgIpc) is 2.79. The molecular formula is C25H27F3N2O4. The Morgan fingerprint density at radius 3 is 2.44 bits per heavy atom. The number of benzene rings is 2. The minimum atomic E-state index is -4.41. The highest BCUT2D eigenvalue weighted by Gasteiger charge is 2.31. The summed E-state index contributed by atoms with van der Waals surface area (Å²) in [7, 11) is 2.08. The molecule has 0 spiro atoms. The number of ether oxygens (including phenoxy) is 2. The van der Waals surface area contributed by atoms with Crippen LogP contribution in [0.2, 0.25) is 0 Å². The molecule has 34 heavy (non-hydrogen) atoms. The van der Waals surface area contributed by atoms with E-state index in [9.17, 15) is 18.0 Å². The first-order chi connectivity index (χ1) is 16.2. The van der Waals surface area contributed by atoms with Crippen molar-refractivity contribution in [2.45, 2.75) is 12.6 Å². The number of likely N-dealkylation sites (N-methyl/N-ethyl adjacent to an activating group) is 1. The summed E-state index contributed by atoms with van der Waals surface area (Å²) in [6.07, 6.45) is -4.54. The number of halogens is 3. The fourth-order valence-corrected chi connectivity index (χ4v) is 4.19. The molecule has 2 aliphatic rings. The van der Waals surface area contributed by atoms with Gasteiger partial charge in [0.05, 0.1) is 18.6 Å². The van der Waals surface area contributed by atoms with E-state index < -0.39 is 17.7 Å². The van der Waals surface area contributed by atoms with Crippen LogP contribution in [0.15, 0.2) is 48.0 Å². The van der Waals surface area contributed by atoms with Gasteiger partial charge in [0.2, 0.25) is 0 Å². The molecule has 1 saturated heterocycles. The average molecular weight is 476 g/mol. The third kappa shape index (κ3) is 5.71. The molecule has 6 nitrogen and oxygen atoms in total. The van der Waals surface area contributed by atoms with E-state index in [0.717, 1.165) is 55.0 Å². The van der Waals surface area contributed by atoms with Crippen molar-refractivity contribution >= 4 is 11.5 Å². The maximum atomic E-state index is 13.1. The van der Waals surface area contributed by atoms with E-state index in [4.69, 9.17) is 14.6 Å². The largest absolute Gasteiger partial charge is 0.493 e. The summed E-state index contributed by atoms with van der Waals surface area (Å²) in [6.45, 7) is 4.69. The Morgan fingerprint density at radius 2 is 1.79 bits per heavy atom. The predicted molar refractivity (Wildman–Crippen MR) is 121 cm³/mol. The minimum Gasteiger partial charge on any atom is -0.493 e. The lowest BCUT2D eigenvalue weighted by Crippen LogP contribution is -2.45. The number of piperazine rings is 1. The van der Waals surface area contributed by atoms with Crippen molar-refractivity contribution in [2.75, 3.05) is 53.0 Å². The van der Waals surface area contributed by atoms with Crippen LogP contribution in [0.25, 0.3) is 5.57 Å². The van der Waals surface area contributed by atoms with Crippen LogP contribution < -0.4 is 9.47 Å². The summed E-state index contributed by atoms with van der Waals surface area (Å²) in [5, 5.41) is 8.87. The lowest BCUT2D eigenvalue weighted by molar-refractivity contribution is -0.138. The SMILES string of the molecule is CN1CCN(CC2=C(c3ccc(C(F)(F)F)cc3)c3cc(OCCC(=O)O)ccc3OC2)CC1. The Labute approximate surface area is 196 Å². The number of aliphatic carboxylic acids is 1. The van der Waals surface area contributed by atoms with Gasteiger partial charge in [-0.15, -0.1) is 0 Å². The first kappa shape index (κ1) is 24.1. The molecule has 1 fully saturated rings. The second kappa shape index (κ2) is 10.1. The van der Waals surface area contributed by atoms with E-state index in [-0.39, 0.29) is 13.0 Å². The first-order valence-corrected chi connectivity index (χ1v) is 11.1. The Hall–Kier alpha value is -3.04. The Bertz CT molecular complexity index is 1060. The monoisotopic (exact) mass is 476 g/mol. The molecule has 0 unspecified atom stereocenters. The molecule has 0 aromatic heterocycles. The lowest BCUT2D eigenvalue weighted by atomic mass is 9.90. The van der Waals surface area contributed by atoms with Crippen molar-refractivity contribution in [1.82, 2.24) is 9.80 Å². The van der Waals surface area contributed by atoms with Gasteiger partial charge in [-0.2, -0.15) is 13.2 Å². The van der Waals surface area contributed by atoms with Gasteiger partial charge in [0, 0.05) is 38.3 Å². The molecule has 4 rings (SSSR count). The van der Waals surface area contributed by atoms with E-state index in [1.165, 1.54) is 12.1 Å². The zero-order chi connectivity index (χ0) is 24.3. The van der Waals surface area contributed by atoms with Crippen LogP contribution in [-0.4, -0.2) is 73.9 Å². The number of carbonyl (C=O) groups is 1. The molecular weight excluding hydrogens is 449 g/mol. The number of fused-ring (bicyclic) bond motifs is 1. The van der Waals surface area contributed by atoms with Gasteiger partial charge >= 0.3 is 12.1 Å². The van der Waals surface area contributed by atoms with Crippen LogP contribution in [0.1, 0.15) is 23.1 Å².